The summed E-state index contributed by atoms with van der Waals surface area (Å²) < 4.78 is 50.0. The number of rotatable bonds is 8. The van der Waals surface area contributed by atoms with E-state index in [2.05, 4.69) is 15.4 Å². The normalized spacial score (nSPS) is 12.6. The third kappa shape index (κ3) is 7.66. The van der Waals surface area contributed by atoms with E-state index in [1.165, 1.54) is 12.1 Å². The van der Waals surface area contributed by atoms with Crippen molar-refractivity contribution in [3.63, 3.8) is 0 Å². The number of carbonyl (C=O) groups is 2. The van der Waals surface area contributed by atoms with E-state index in [1.54, 1.807) is 13.8 Å². The standard InChI is InChI=1S/C19H27F3N2O4/c1-11(2)8-16(24-18(26)27-5)17(25)23-10-13-6-7-14(28-12(3)4)9-15(13)19(20,21)22/h6-7,9,11-12,16H,8,10H2,1-5H3,(H,23,25)(H,24,26). The average molecular weight is 404 g/mol. The van der Waals surface area contributed by atoms with E-state index in [1.807, 2.05) is 13.8 Å². The first kappa shape index (κ1) is 23.6. The van der Waals surface area contributed by atoms with Gasteiger partial charge in [0.05, 0.1) is 18.8 Å². The zero-order valence-electron chi connectivity index (χ0n) is 16.6. The number of alkyl halides is 3. The highest BCUT2D eigenvalue weighted by Crippen LogP contribution is 2.34. The van der Waals surface area contributed by atoms with Crippen LogP contribution < -0.4 is 15.4 Å². The lowest BCUT2D eigenvalue weighted by Gasteiger charge is -2.21. The van der Waals surface area contributed by atoms with Gasteiger partial charge in [0.25, 0.3) is 0 Å². The number of nitrogens with one attached hydrogen (secondary N) is 2. The summed E-state index contributed by atoms with van der Waals surface area (Å²) in [5.41, 5.74) is -0.981. The fourth-order valence-electron chi connectivity index (χ4n) is 2.53. The van der Waals surface area contributed by atoms with Gasteiger partial charge in [-0.2, -0.15) is 13.2 Å². The van der Waals surface area contributed by atoms with Crippen molar-refractivity contribution in [1.82, 2.24) is 10.6 Å². The summed E-state index contributed by atoms with van der Waals surface area (Å²) in [5, 5.41) is 4.85. The average Bonchev–Trinajstić information content (AvgIpc) is 2.57. The molecular weight excluding hydrogens is 377 g/mol. The summed E-state index contributed by atoms with van der Waals surface area (Å²) in [6.07, 6.45) is -5.34. The second-order valence-corrected chi connectivity index (χ2v) is 7.02. The Labute approximate surface area is 162 Å². The van der Waals surface area contributed by atoms with Gasteiger partial charge in [-0.15, -0.1) is 0 Å². The molecule has 0 aliphatic carbocycles. The van der Waals surface area contributed by atoms with Crippen LogP contribution in [0.1, 0.15) is 45.2 Å². The Morgan fingerprint density at radius 2 is 1.79 bits per heavy atom. The number of amides is 2. The van der Waals surface area contributed by atoms with Gasteiger partial charge >= 0.3 is 12.3 Å². The molecule has 0 aliphatic rings. The van der Waals surface area contributed by atoms with Gasteiger partial charge in [-0.05, 0) is 43.9 Å². The minimum atomic E-state index is -4.60. The molecule has 0 saturated carbocycles. The molecule has 1 unspecified atom stereocenters. The number of benzene rings is 1. The minimum absolute atomic E-state index is 0.0751. The van der Waals surface area contributed by atoms with Crippen LogP contribution in [0.25, 0.3) is 0 Å². The Morgan fingerprint density at radius 3 is 2.29 bits per heavy atom. The number of hydrogen-bond donors (Lipinski definition) is 2. The third-order valence-electron chi connectivity index (χ3n) is 3.71. The van der Waals surface area contributed by atoms with Crippen LogP contribution in [-0.4, -0.2) is 31.3 Å². The van der Waals surface area contributed by atoms with E-state index in [4.69, 9.17) is 4.74 Å². The first-order valence-corrected chi connectivity index (χ1v) is 8.93. The molecule has 0 radical (unpaired) electrons. The van der Waals surface area contributed by atoms with Crippen LogP contribution in [-0.2, 0) is 22.3 Å². The lowest BCUT2D eigenvalue weighted by Crippen LogP contribution is -2.47. The second kappa shape index (κ2) is 10.2. The number of halogens is 3. The van der Waals surface area contributed by atoms with Crippen LogP contribution >= 0.6 is 0 Å². The van der Waals surface area contributed by atoms with Crippen LogP contribution in [0.5, 0.6) is 5.75 Å². The first-order chi connectivity index (χ1) is 12.9. The van der Waals surface area contributed by atoms with Gasteiger partial charge in [-0.1, -0.05) is 19.9 Å². The summed E-state index contributed by atoms with van der Waals surface area (Å²) in [7, 11) is 1.16. The van der Waals surface area contributed by atoms with Crippen LogP contribution in [0.4, 0.5) is 18.0 Å². The fourth-order valence-corrected chi connectivity index (χ4v) is 2.53. The van der Waals surface area contributed by atoms with E-state index in [-0.39, 0.29) is 29.9 Å². The predicted octanol–water partition coefficient (Wildman–Crippen LogP) is 3.88. The Kier molecular flexibility index (Phi) is 8.59. The number of ether oxygens (including phenoxy) is 2. The third-order valence-corrected chi connectivity index (χ3v) is 3.71. The molecule has 0 heterocycles. The largest absolute Gasteiger partial charge is 0.491 e. The van der Waals surface area contributed by atoms with Crippen molar-refractivity contribution in [3.8, 4) is 5.75 Å². The summed E-state index contributed by atoms with van der Waals surface area (Å²) in [4.78, 5) is 23.8. The maximum absolute atomic E-state index is 13.4. The molecule has 2 amide bonds. The topological polar surface area (TPSA) is 76.7 Å². The summed E-state index contributed by atoms with van der Waals surface area (Å²) in [5.74, 6) is -0.414. The molecule has 158 valence electrons. The lowest BCUT2D eigenvalue weighted by molar-refractivity contribution is -0.138. The number of carbonyl (C=O) groups excluding carboxylic acids is 2. The van der Waals surface area contributed by atoms with Crippen molar-refractivity contribution in [2.75, 3.05) is 7.11 Å². The molecule has 0 saturated heterocycles. The first-order valence-electron chi connectivity index (χ1n) is 8.93. The van der Waals surface area contributed by atoms with Crippen LogP contribution in [0, 0.1) is 5.92 Å². The molecule has 9 heteroatoms. The fraction of sp³-hybridized carbons (Fsp3) is 0.579. The van der Waals surface area contributed by atoms with E-state index in [9.17, 15) is 22.8 Å². The summed E-state index contributed by atoms with van der Waals surface area (Å²) in [6.45, 7) is 6.80. The van der Waals surface area contributed by atoms with Gasteiger partial charge in [0.1, 0.15) is 11.8 Å². The molecule has 0 aromatic heterocycles. The van der Waals surface area contributed by atoms with Crippen LogP contribution in [0.3, 0.4) is 0 Å². The highest BCUT2D eigenvalue weighted by Gasteiger charge is 2.34. The van der Waals surface area contributed by atoms with E-state index < -0.39 is 29.8 Å². The molecule has 1 atom stereocenters. The number of methoxy groups -OCH3 is 1. The maximum Gasteiger partial charge on any atom is 0.416 e. The van der Waals surface area contributed by atoms with Crippen LogP contribution in [0.15, 0.2) is 18.2 Å². The molecule has 1 aromatic carbocycles. The van der Waals surface area contributed by atoms with E-state index >= 15 is 0 Å². The van der Waals surface area contributed by atoms with Crippen molar-refractivity contribution in [2.45, 2.75) is 59.0 Å². The number of alkyl carbamates (subject to hydrolysis) is 1. The van der Waals surface area contributed by atoms with E-state index in [0.717, 1.165) is 13.2 Å². The predicted molar refractivity (Wildman–Crippen MR) is 97.8 cm³/mol. The van der Waals surface area contributed by atoms with Crippen molar-refractivity contribution in [1.29, 1.82) is 0 Å². The van der Waals surface area contributed by atoms with Gasteiger partial charge in [0.15, 0.2) is 0 Å². The van der Waals surface area contributed by atoms with Gasteiger partial charge in [0.2, 0.25) is 5.91 Å². The molecular formula is C19H27F3N2O4. The van der Waals surface area contributed by atoms with Gasteiger partial charge in [-0.3, -0.25) is 4.79 Å². The SMILES string of the molecule is COC(=O)NC(CC(C)C)C(=O)NCc1ccc(OC(C)C)cc1C(F)(F)F. The lowest BCUT2D eigenvalue weighted by atomic mass is 10.0. The summed E-state index contributed by atoms with van der Waals surface area (Å²) in [6, 6.07) is 2.70. The Balaban J connectivity index is 2.96. The molecule has 2 N–H and O–H groups in total. The zero-order valence-corrected chi connectivity index (χ0v) is 16.6. The smallest absolute Gasteiger partial charge is 0.416 e. The molecule has 0 bridgehead atoms. The van der Waals surface area contributed by atoms with Gasteiger partial charge in [-0.25, -0.2) is 4.79 Å². The van der Waals surface area contributed by atoms with Crippen molar-refractivity contribution in [3.05, 3.63) is 29.3 Å². The minimum Gasteiger partial charge on any atom is -0.491 e. The summed E-state index contributed by atoms with van der Waals surface area (Å²) >= 11 is 0. The molecule has 6 nitrogen and oxygen atoms in total. The highest BCUT2D eigenvalue weighted by molar-refractivity contribution is 5.85. The number of hydrogen-bond acceptors (Lipinski definition) is 4. The van der Waals surface area contributed by atoms with Gasteiger partial charge in [0, 0.05) is 6.54 Å². The molecule has 1 rings (SSSR count). The van der Waals surface area contributed by atoms with Crippen LogP contribution in [0.2, 0.25) is 0 Å². The Bertz CT molecular complexity index is 676. The molecule has 0 fully saturated rings. The monoisotopic (exact) mass is 404 g/mol. The maximum atomic E-state index is 13.4. The second-order valence-electron chi connectivity index (χ2n) is 7.02. The molecule has 28 heavy (non-hydrogen) atoms. The Hall–Kier alpha value is -2.45. The van der Waals surface area contributed by atoms with Gasteiger partial charge < -0.3 is 20.1 Å². The van der Waals surface area contributed by atoms with E-state index in [0.29, 0.717) is 6.42 Å². The van der Waals surface area contributed by atoms with Crippen molar-refractivity contribution >= 4 is 12.0 Å². The molecule has 1 aromatic rings. The quantitative estimate of drug-likeness (QED) is 0.689. The molecule has 0 aliphatic heterocycles. The Morgan fingerprint density at radius 1 is 1.14 bits per heavy atom. The molecule has 0 spiro atoms. The highest BCUT2D eigenvalue weighted by atomic mass is 19.4. The zero-order chi connectivity index (χ0) is 21.5. The van der Waals surface area contributed by atoms with Crippen molar-refractivity contribution in [2.24, 2.45) is 5.92 Å². The van der Waals surface area contributed by atoms with Crippen molar-refractivity contribution < 1.29 is 32.2 Å².